The number of ether oxygens (including phenoxy) is 1. The van der Waals surface area contributed by atoms with Gasteiger partial charge in [0.1, 0.15) is 17.4 Å². The first kappa shape index (κ1) is 25.8. The fraction of sp³-hybridized carbons (Fsp3) is 0.519. The van der Waals surface area contributed by atoms with Crippen LogP contribution in [0.4, 0.5) is 11.6 Å². The molecule has 1 aliphatic rings. The number of aromatic nitrogens is 3. The van der Waals surface area contributed by atoms with Gasteiger partial charge in [-0.05, 0) is 52.2 Å². The van der Waals surface area contributed by atoms with Crippen molar-refractivity contribution in [1.82, 2.24) is 19.5 Å². The van der Waals surface area contributed by atoms with E-state index in [0.29, 0.717) is 30.9 Å². The fourth-order valence-corrected chi connectivity index (χ4v) is 4.52. The van der Waals surface area contributed by atoms with Gasteiger partial charge >= 0.3 is 0 Å². The molecule has 3 heterocycles. The molecule has 0 spiro atoms. The topological polar surface area (TPSA) is 101 Å². The van der Waals surface area contributed by atoms with Crippen LogP contribution in [0.25, 0.3) is 5.65 Å². The van der Waals surface area contributed by atoms with Gasteiger partial charge in [-0.1, -0.05) is 18.6 Å². The Balaban J connectivity index is 1.80. The third-order valence-electron chi connectivity index (χ3n) is 6.57. The lowest BCUT2D eigenvalue weighted by atomic mass is 10.1. The van der Waals surface area contributed by atoms with Crippen LogP contribution in [0.15, 0.2) is 30.3 Å². The van der Waals surface area contributed by atoms with E-state index in [1.165, 1.54) is 0 Å². The molecular formula is C27H39N7O2. The van der Waals surface area contributed by atoms with Crippen LogP contribution in [-0.4, -0.2) is 64.7 Å². The van der Waals surface area contributed by atoms with Crippen LogP contribution in [0.2, 0.25) is 0 Å². The standard InChI is InChI=1S/C27H39N7O2/c1-7-21-20-15-24-30-23(29-17-27(3,4)28)16-25(34(24)31-20)32(5)12-8-9-13-36-22-11-10-18(2)14-19(22)26(35)33(21)6/h10-11,14-16,21H,7-9,12-13,17,28H2,1-6H3,(H,29,30). The Kier molecular flexibility index (Phi) is 7.40. The molecule has 4 rings (SSSR count). The van der Waals surface area contributed by atoms with Crippen LogP contribution >= 0.6 is 0 Å². The molecule has 2 aromatic heterocycles. The van der Waals surface area contributed by atoms with E-state index < -0.39 is 0 Å². The highest BCUT2D eigenvalue weighted by atomic mass is 16.5. The van der Waals surface area contributed by atoms with Gasteiger partial charge in [0.05, 0.1) is 23.9 Å². The van der Waals surface area contributed by atoms with Gasteiger partial charge in [0.25, 0.3) is 5.91 Å². The molecule has 9 heteroatoms. The van der Waals surface area contributed by atoms with Crippen molar-refractivity contribution in [2.75, 3.05) is 44.0 Å². The van der Waals surface area contributed by atoms with Crippen molar-refractivity contribution >= 4 is 23.2 Å². The van der Waals surface area contributed by atoms with Gasteiger partial charge in [-0.15, -0.1) is 0 Å². The summed E-state index contributed by atoms with van der Waals surface area (Å²) >= 11 is 0. The Morgan fingerprint density at radius 2 is 1.97 bits per heavy atom. The summed E-state index contributed by atoms with van der Waals surface area (Å²) in [6, 6.07) is 9.58. The summed E-state index contributed by atoms with van der Waals surface area (Å²) in [7, 11) is 3.90. The zero-order valence-electron chi connectivity index (χ0n) is 22.3. The Hall–Kier alpha value is -3.33. The first-order chi connectivity index (χ1) is 17.1. The van der Waals surface area contributed by atoms with Crippen LogP contribution in [-0.2, 0) is 0 Å². The highest BCUT2D eigenvalue weighted by Gasteiger charge is 2.27. The van der Waals surface area contributed by atoms with E-state index in [1.54, 1.807) is 4.90 Å². The number of nitrogens with zero attached hydrogens (tertiary/aromatic N) is 5. The minimum Gasteiger partial charge on any atom is -0.493 e. The molecule has 0 saturated carbocycles. The van der Waals surface area contributed by atoms with E-state index in [-0.39, 0.29) is 17.5 Å². The summed E-state index contributed by atoms with van der Waals surface area (Å²) in [6.45, 7) is 9.98. The van der Waals surface area contributed by atoms with Crippen molar-refractivity contribution in [3.05, 3.63) is 47.2 Å². The van der Waals surface area contributed by atoms with E-state index in [4.69, 9.17) is 20.6 Å². The highest BCUT2D eigenvalue weighted by molar-refractivity contribution is 5.97. The van der Waals surface area contributed by atoms with Crippen LogP contribution in [0.3, 0.4) is 0 Å². The Morgan fingerprint density at radius 3 is 2.69 bits per heavy atom. The summed E-state index contributed by atoms with van der Waals surface area (Å²) in [4.78, 5) is 22.4. The zero-order chi connectivity index (χ0) is 26.0. The number of nitrogens with two attached hydrogens (primary N) is 1. The summed E-state index contributed by atoms with van der Waals surface area (Å²) in [5.74, 6) is 2.24. The highest BCUT2D eigenvalue weighted by Crippen LogP contribution is 2.30. The molecule has 0 saturated heterocycles. The Labute approximate surface area is 213 Å². The lowest BCUT2D eigenvalue weighted by Gasteiger charge is -2.27. The van der Waals surface area contributed by atoms with Crippen LogP contribution < -0.4 is 20.7 Å². The van der Waals surface area contributed by atoms with E-state index in [9.17, 15) is 4.79 Å². The summed E-state index contributed by atoms with van der Waals surface area (Å²) in [5, 5.41) is 8.33. The number of benzene rings is 1. The Bertz CT molecular complexity index is 1230. The second kappa shape index (κ2) is 10.3. The summed E-state index contributed by atoms with van der Waals surface area (Å²) < 4.78 is 7.97. The molecule has 3 N–H and O–H groups in total. The van der Waals surface area contributed by atoms with Crippen LogP contribution in [0.5, 0.6) is 5.75 Å². The minimum absolute atomic E-state index is 0.0784. The normalized spacial score (nSPS) is 17.5. The van der Waals surface area contributed by atoms with Gasteiger partial charge in [-0.25, -0.2) is 4.98 Å². The number of aryl methyl sites for hydroxylation is 1. The van der Waals surface area contributed by atoms with Gasteiger partial charge in [0, 0.05) is 44.9 Å². The molecule has 0 radical (unpaired) electrons. The Morgan fingerprint density at radius 1 is 1.19 bits per heavy atom. The van der Waals surface area contributed by atoms with E-state index >= 15 is 0 Å². The van der Waals surface area contributed by atoms with Crippen molar-refractivity contribution < 1.29 is 9.53 Å². The molecule has 1 amide bonds. The fourth-order valence-electron chi connectivity index (χ4n) is 4.52. The summed E-state index contributed by atoms with van der Waals surface area (Å²) in [5.41, 5.74) is 8.97. The monoisotopic (exact) mass is 493 g/mol. The van der Waals surface area contributed by atoms with Crippen molar-refractivity contribution in [2.45, 2.75) is 58.5 Å². The lowest BCUT2D eigenvalue weighted by molar-refractivity contribution is 0.0718. The van der Waals surface area contributed by atoms with Crippen molar-refractivity contribution in [3.8, 4) is 5.75 Å². The average molecular weight is 494 g/mol. The number of hydrogen-bond donors (Lipinski definition) is 2. The van der Waals surface area contributed by atoms with Gasteiger partial charge in [-0.3, -0.25) is 4.79 Å². The van der Waals surface area contributed by atoms with Gasteiger partial charge < -0.3 is 25.6 Å². The van der Waals surface area contributed by atoms with Crippen LogP contribution in [0, 0.1) is 6.92 Å². The van der Waals surface area contributed by atoms with E-state index in [2.05, 4.69) is 24.2 Å². The van der Waals surface area contributed by atoms with E-state index in [0.717, 1.165) is 47.9 Å². The molecule has 0 aliphatic carbocycles. The maximum absolute atomic E-state index is 13.7. The van der Waals surface area contributed by atoms with Crippen molar-refractivity contribution in [3.63, 3.8) is 0 Å². The maximum Gasteiger partial charge on any atom is 0.257 e. The zero-order valence-corrected chi connectivity index (χ0v) is 22.3. The molecular weight excluding hydrogens is 454 g/mol. The summed E-state index contributed by atoms with van der Waals surface area (Å²) in [6.07, 6.45) is 2.51. The quantitative estimate of drug-likeness (QED) is 0.566. The third-order valence-corrected chi connectivity index (χ3v) is 6.57. The molecule has 1 unspecified atom stereocenters. The van der Waals surface area contributed by atoms with E-state index in [1.807, 2.05) is 62.7 Å². The number of nitrogens with one attached hydrogen (secondary N) is 1. The molecule has 2 bridgehead atoms. The molecule has 1 atom stereocenters. The number of anilines is 2. The maximum atomic E-state index is 13.7. The number of amides is 1. The minimum atomic E-state index is -0.371. The lowest BCUT2D eigenvalue weighted by Crippen LogP contribution is -2.39. The first-order valence-corrected chi connectivity index (χ1v) is 12.7. The molecule has 0 fully saturated rings. The van der Waals surface area contributed by atoms with Crippen molar-refractivity contribution in [1.29, 1.82) is 0 Å². The molecule has 9 nitrogen and oxygen atoms in total. The number of fused-ring (bicyclic) bond motifs is 2. The van der Waals surface area contributed by atoms with Gasteiger partial charge in [-0.2, -0.15) is 9.61 Å². The van der Waals surface area contributed by atoms with Gasteiger partial charge in [0.2, 0.25) is 0 Å². The molecule has 1 aliphatic heterocycles. The number of carbonyl (C=O) groups excluding carboxylic acids is 1. The molecule has 1 aromatic carbocycles. The van der Waals surface area contributed by atoms with Crippen molar-refractivity contribution in [2.24, 2.45) is 5.73 Å². The number of carbonyl (C=O) groups is 1. The van der Waals surface area contributed by atoms with Crippen LogP contribution in [0.1, 0.15) is 67.7 Å². The second-order valence-corrected chi connectivity index (χ2v) is 10.5. The third kappa shape index (κ3) is 5.56. The molecule has 36 heavy (non-hydrogen) atoms. The predicted molar refractivity (Wildman–Crippen MR) is 144 cm³/mol. The number of hydrogen-bond acceptors (Lipinski definition) is 7. The molecule has 3 aromatic rings. The average Bonchev–Trinajstić information content (AvgIpc) is 3.25. The predicted octanol–water partition coefficient (Wildman–Crippen LogP) is 4.02. The second-order valence-electron chi connectivity index (χ2n) is 10.5. The molecule has 194 valence electrons. The SMILES string of the molecule is CCC1c2cc3nc(NCC(C)(C)N)cc(n3n2)N(C)CCCCOc2ccc(C)cc2C(=O)N1C. The largest absolute Gasteiger partial charge is 0.493 e. The first-order valence-electron chi connectivity index (χ1n) is 12.7. The smallest absolute Gasteiger partial charge is 0.257 e. The van der Waals surface area contributed by atoms with Gasteiger partial charge in [0.15, 0.2) is 5.65 Å². The number of rotatable bonds is 4.